The van der Waals surface area contributed by atoms with Crippen LogP contribution in [0.3, 0.4) is 0 Å². The molecule has 39 heavy (non-hydrogen) atoms. The predicted octanol–water partition coefficient (Wildman–Crippen LogP) is 7.17. The topological polar surface area (TPSA) is 29.5 Å². The number of carbonyl (C=O) groups excluding carboxylic acids is 1. The van der Waals surface area contributed by atoms with Crippen LogP contribution in [0.1, 0.15) is 79.0 Å². The van der Waals surface area contributed by atoms with Crippen LogP contribution in [-0.2, 0) is 16.2 Å². The molecule has 0 saturated carbocycles. The summed E-state index contributed by atoms with van der Waals surface area (Å²) in [5.74, 6) is 0.691. The third-order valence-electron chi connectivity index (χ3n) is 9.44. The van der Waals surface area contributed by atoms with Crippen molar-refractivity contribution < 1.29 is 9.53 Å². The molecule has 4 heteroatoms. The van der Waals surface area contributed by atoms with Gasteiger partial charge in [-0.05, 0) is 89.7 Å². The second-order valence-electron chi connectivity index (χ2n) is 15.1. The zero-order valence-corrected chi connectivity index (χ0v) is 24.4. The third kappa shape index (κ3) is 2.77. The van der Waals surface area contributed by atoms with Crippen molar-refractivity contribution in [3.63, 3.8) is 0 Å². The Kier molecular flexibility index (Phi) is 3.96. The largest absolute Gasteiger partial charge is 0.424 e. The number of amides is 1. The fourth-order valence-corrected chi connectivity index (χ4v) is 7.27. The van der Waals surface area contributed by atoms with Gasteiger partial charge in [0.05, 0.1) is 5.69 Å². The molecule has 4 aromatic rings. The monoisotopic (exact) mass is 511 g/mol. The maximum atomic E-state index is 14.0. The van der Waals surface area contributed by atoms with Gasteiger partial charge in [-0.25, -0.2) is 9.69 Å². The fraction of sp³-hybridized carbons (Fsp3) is 0.343. The zero-order valence-electron chi connectivity index (χ0n) is 24.4. The van der Waals surface area contributed by atoms with Gasteiger partial charge in [-0.1, -0.05) is 92.0 Å². The highest BCUT2D eigenvalue weighted by Crippen LogP contribution is 2.52. The molecule has 0 atom stereocenters. The Labute approximate surface area is 231 Å². The van der Waals surface area contributed by atoms with Crippen molar-refractivity contribution in [3.8, 4) is 28.0 Å². The number of ether oxygens (including phenoxy) is 1. The summed E-state index contributed by atoms with van der Waals surface area (Å²) in [7, 11) is 0. The van der Waals surface area contributed by atoms with E-state index in [1.165, 1.54) is 55.3 Å². The van der Waals surface area contributed by atoms with Crippen molar-refractivity contribution in [2.24, 2.45) is 0 Å². The van der Waals surface area contributed by atoms with Gasteiger partial charge in [0.1, 0.15) is 5.75 Å². The van der Waals surface area contributed by atoms with Gasteiger partial charge >= 0.3 is 6.09 Å². The Morgan fingerprint density at radius 3 is 1.72 bits per heavy atom. The van der Waals surface area contributed by atoms with E-state index in [0.717, 1.165) is 22.1 Å². The summed E-state index contributed by atoms with van der Waals surface area (Å²) in [5, 5.41) is 2.21. The average Bonchev–Trinajstić information content (AvgIpc) is 3.33. The minimum Gasteiger partial charge on any atom is -0.409 e. The van der Waals surface area contributed by atoms with Gasteiger partial charge in [-0.3, -0.25) is 0 Å². The molecule has 0 N–H and O–H groups in total. The third-order valence-corrected chi connectivity index (χ3v) is 9.44. The lowest BCUT2D eigenvalue weighted by Crippen LogP contribution is -2.55. The lowest BCUT2D eigenvalue weighted by Gasteiger charge is -2.38. The highest BCUT2D eigenvalue weighted by molar-refractivity contribution is 7.05. The molecule has 0 fully saturated rings. The van der Waals surface area contributed by atoms with Crippen LogP contribution >= 0.6 is 0 Å². The molecule has 0 aromatic heterocycles. The van der Waals surface area contributed by atoms with Crippen molar-refractivity contribution >= 4 is 51.3 Å². The van der Waals surface area contributed by atoms with Crippen molar-refractivity contribution in [2.75, 3.05) is 4.90 Å². The second kappa shape index (κ2) is 6.61. The molecule has 4 heterocycles. The van der Waals surface area contributed by atoms with Gasteiger partial charge in [0.25, 0.3) is 0 Å². The van der Waals surface area contributed by atoms with Gasteiger partial charge in [0, 0.05) is 11.1 Å². The van der Waals surface area contributed by atoms with E-state index in [2.05, 4.69) is 105 Å². The Balaban J connectivity index is 1.59. The molecule has 3 nitrogen and oxygen atoms in total. The molecule has 0 saturated heterocycles. The Morgan fingerprint density at radius 1 is 0.615 bits per heavy atom. The van der Waals surface area contributed by atoms with Crippen molar-refractivity contribution in [1.29, 1.82) is 0 Å². The van der Waals surface area contributed by atoms with E-state index in [9.17, 15) is 4.79 Å². The Hall–Kier alpha value is -3.53. The number of nitrogens with zero attached hydrogens (tertiary/aromatic N) is 1. The van der Waals surface area contributed by atoms with E-state index >= 15 is 0 Å². The smallest absolute Gasteiger partial charge is 0.409 e. The van der Waals surface area contributed by atoms with Crippen LogP contribution < -0.4 is 26.0 Å². The van der Waals surface area contributed by atoms with Gasteiger partial charge in [-0.2, -0.15) is 0 Å². The Bertz CT molecular complexity index is 1860. The summed E-state index contributed by atoms with van der Waals surface area (Å²) >= 11 is 0. The van der Waals surface area contributed by atoms with Crippen LogP contribution in [0.5, 0.6) is 5.75 Å². The first-order chi connectivity index (χ1) is 18.1. The minimum atomic E-state index is -0.301. The number of anilines is 2. The highest BCUT2D eigenvalue weighted by atomic mass is 16.6. The number of hydrogen-bond acceptors (Lipinski definition) is 2. The number of benzene rings is 4. The first-order valence-corrected chi connectivity index (χ1v) is 14.2. The molecular formula is C35H34BNO2. The van der Waals surface area contributed by atoms with E-state index < -0.39 is 0 Å². The molecule has 0 radical (unpaired) electrons. The van der Waals surface area contributed by atoms with E-state index in [1.54, 1.807) is 0 Å². The molecule has 194 valence electrons. The summed E-state index contributed by atoms with van der Waals surface area (Å²) in [4.78, 5) is 15.9. The molecule has 4 aliphatic heterocycles. The number of carbonyl (C=O) groups is 1. The Morgan fingerprint density at radius 2 is 1.13 bits per heavy atom. The van der Waals surface area contributed by atoms with Crippen molar-refractivity contribution in [1.82, 2.24) is 0 Å². The van der Waals surface area contributed by atoms with Gasteiger partial charge in [-0.15, -0.1) is 0 Å². The summed E-state index contributed by atoms with van der Waals surface area (Å²) < 4.78 is 6.17. The molecule has 4 aromatic carbocycles. The van der Waals surface area contributed by atoms with Crippen molar-refractivity contribution in [2.45, 2.75) is 78.6 Å². The van der Waals surface area contributed by atoms with Crippen LogP contribution in [0, 0.1) is 0 Å². The number of hydrogen-bond donors (Lipinski definition) is 0. The standard InChI is InChI=1S/C35H34BNO2/c1-33(2,3)18-10-17-11-21-22-12-19(34(4,5)6)13-23-24-14-20(35(7,8)9)15-25-29(24)36(28(22)23)30(21)31-27(17)26(16-18)39-32(38)37(25)31/h10-16H,1-9H3. The van der Waals surface area contributed by atoms with Crippen LogP contribution in [-0.4, -0.2) is 12.8 Å². The van der Waals surface area contributed by atoms with E-state index in [0.29, 0.717) is 5.75 Å². The summed E-state index contributed by atoms with van der Waals surface area (Å²) in [6.45, 7) is 20.5. The molecule has 0 aliphatic carbocycles. The van der Waals surface area contributed by atoms with Crippen LogP contribution in [0.4, 0.5) is 16.2 Å². The number of rotatable bonds is 0. The summed E-state index contributed by atoms with van der Waals surface area (Å²) in [6.07, 6.45) is -0.301. The summed E-state index contributed by atoms with van der Waals surface area (Å²) in [6, 6.07) is 16.3. The molecule has 1 amide bonds. The molecule has 0 spiro atoms. The van der Waals surface area contributed by atoms with E-state index in [1.807, 2.05) is 4.90 Å². The quantitative estimate of drug-likeness (QED) is 0.202. The molecule has 0 bridgehead atoms. The molecule has 8 rings (SSSR count). The molecule has 4 aliphatic rings. The molecular weight excluding hydrogens is 477 g/mol. The number of fused-ring (bicyclic) bond motifs is 3. The van der Waals surface area contributed by atoms with Gasteiger partial charge in [0.15, 0.2) is 0 Å². The van der Waals surface area contributed by atoms with E-state index in [4.69, 9.17) is 4.74 Å². The predicted molar refractivity (Wildman–Crippen MR) is 164 cm³/mol. The van der Waals surface area contributed by atoms with E-state index in [-0.39, 0.29) is 29.1 Å². The van der Waals surface area contributed by atoms with Gasteiger partial charge in [0.2, 0.25) is 6.71 Å². The normalized spacial score (nSPS) is 16.0. The first kappa shape index (κ1) is 23.4. The first-order valence-electron chi connectivity index (χ1n) is 14.2. The zero-order chi connectivity index (χ0) is 27.5. The maximum Gasteiger partial charge on any atom is 0.424 e. The van der Waals surface area contributed by atoms with Crippen LogP contribution in [0.2, 0.25) is 0 Å². The summed E-state index contributed by atoms with van der Waals surface area (Å²) in [5.41, 5.74) is 14.9. The minimum absolute atomic E-state index is 0.0225. The average molecular weight is 511 g/mol. The maximum absolute atomic E-state index is 14.0. The second-order valence-corrected chi connectivity index (χ2v) is 15.1. The van der Waals surface area contributed by atoms with Crippen LogP contribution in [0.25, 0.3) is 33.0 Å². The van der Waals surface area contributed by atoms with Gasteiger partial charge < -0.3 is 4.74 Å². The highest BCUT2D eigenvalue weighted by Gasteiger charge is 2.52. The molecule has 0 unspecified atom stereocenters. The lowest BCUT2D eigenvalue weighted by atomic mass is 9.39. The fourth-order valence-electron chi connectivity index (χ4n) is 7.27. The van der Waals surface area contributed by atoms with Crippen LogP contribution in [0.15, 0.2) is 42.5 Å². The SMILES string of the molecule is CC(C)(C)c1cc2c3c(c1)-c1cc4cc(C(C)(C)C)cc5c4c4c1B3c1c-2cc(C(C)(C)C)cc1N4C(=O)O5. The lowest BCUT2D eigenvalue weighted by molar-refractivity contribution is 0.210. The van der Waals surface area contributed by atoms with Crippen molar-refractivity contribution in [3.05, 3.63) is 59.2 Å².